The van der Waals surface area contributed by atoms with E-state index < -0.39 is 0 Å². The van der Waals surface area contributed by atoms with Gasteiger partial charge in [0.1, 0.15) is 5.75 Å². The average Bonchev–Trinajstić information content (AvgIpc) is 2.52. The molecule has 0 aromatic heterocycles. The molecule has 1 rings (SSSR count). The van der Waals surface area contributed by atoms with Crippen LogP contribution in [0.15, 0.2) is 24.3 Å². The normalized spacial score (nSPS) is 12.3. The maximum Gasteiger partial charge on any atom is 0.119 e. The molecule has 1 atom stereocenters. The van der Waals surface area contributed by atoms with Crippen LogP contribution >= 0.6 is 0 Å². The summed E-state index contributed by atoms with van der Waals surface area (Å²) < 4.78 is 10.7. The van der Waals surface area contributed by atoms with Crippen LogP contribution in [-0.2, 0) is 11.2 Å². The largest absolute Gasteiger partial charge is 0.494 e. The van der Waals surface area contributed by atoms with Crippen molar-refractivity contribution >= 4 is 0 Å². The molecule has 3 nitrogen and oxygen atoms in total. The molecular formula is C18H31NO2. The van der Waals surface area contributed by atoms with E-state index in [2.05, 4.69) is 43.4 Å². The summed E-state index contributed by atoms with van der Waals surface area (Å²) in [6.07, 6.45) is 5.58. The Hall–Kier alpha value is -1.06. The average molecular weight is 293 g/mol. The number of methoxy groups -OCH3 is 1. The summed E-state index contributed by atoms with van der Waals surface area (Å²) in [6, 6.07) is 9.10. The third-order valence-corrected chi connectivity index (χ3v) is 3.54. The van der Waals surface area contributed by atoms with Gasteiger partial charge in [0.15, 0.2) is 0 Å². The Labute approximate surface area is 130 Å². The number of rotatable bonds is 12. The number of nitrogens with one attached hydrogen (secondary N) is 1. The van der Waals surface area contributed by atoms with Crippen molar-refractivity contribution in [2.45, 2.75) is 52.0 Å². The second kappa shape index (κ2) is 11.6. The maximum absolute atomic E-state index is 5.72. The highest BCUT2D eigenvalue weighted by atomic mass is 16.5. The molecule has 1 aromatic carbocycles. The van der Waals surface area contributed by atoms with Crippen molar-refractivity contribution in [1.29, 1.82) is 0 Å². The van der Waals surface area contributed by atoms with Crippen LogP contribution in [0.4, 0.5) is 0 Å². The van der Waals surface area contributed by atoms with E-state index in [0.29, 0.717) is 6.04 Å². The molecule has 3 heteroatoms. The minimum Gasteiger partial charge on any atom is -0.494 e. The number of unbranched alkanes of at least 4 members (excludes halogenated alkanes) is 1. The Balaban J connectivity index is 2.20. The fourth-order valence-corrected chi connectivity index (χ4v) is 2.17. The molecule has 0 fully saturated rings. The summed E-state index contributed by atoms with van der Waals surface area (Å²) in [4.78, 5) is 0. The van der Waals surface area contributed by atoms with E-state index in [1.54, 1.807) is 7.11 Å². The van der Waals surface area contributed by atoms with Gasteiger partial charge >= 0.3 is 0 Å². The lowest BCUT2D eigenvalue weighted by Gasteiger charge is -2.13. The van der Waals surface area contributed by atoms with E-state index in [1.165, 1.54) is 18.4 Å². The molecule has 1 unspecified atom stereocenters. The number of aryl methyl sites for hydroxylation is 1. The van der Waals surface area contributed by atoms with Crippen LogP contribution in [0.25, 0.3) is 0 Å². The van der Waals surface area contributed by atoms with Crippen molar-refractivity contribution in [3.8, 4) is 5.75 Å². The lowest BCUT2D eigenvalue weighted by Crippen LogP contribution is -2.27. The van der Waals surface area contributed by atoms with E-state index in [4.69, 9.17) is 9.47 Å². The monoisotopic (exact) mass is 293 g/mol. The fourth-order valence-electron chi connectivity index (χ4n) is 2.17. The van der Waals surface area contributed by atoms with E-state index >= 15 is 0 Å². The van der Waals surface area contributed by atoms with Gasteiger partial charge in [-0.1, -0.05) is 19.1 Å². The Kier molecular flexibility index (Phi) is 9.92. The van der Waals surface area contributed by atoms with E-state index in [0.717, 1.165) is 44.8 Å². The predicted octanol–water partition coefficient (Wildman–Crippen LogP) is 3.81. The third kappa shape index (κ3) is 8.74. The van der Waals surface area contributed by atoms with Gasteiger partial charge in [-0.2, -0.15) is 0 Å². The lowest BCUT2D eigenvalue weighted by atomic mass is 10.1. The van der Waals surface area contributed by atoms with Gasteiger partial charge in [0.2, 0.25) is 0 Å². The predicted molar refractivity (Wildman–Crippen MR) is 89.1 cm³/mol. The number of ether oxygens (including phenoxy) is 2. The number of benzene rings is 1. The summed E-state index contributed by atoms with van der Waals surface area (Å²) >= 11 is 0. The maximum atomic E-state index is 5.72. The van der Waals surface area contributed by atoms with E-state index in [-0.39, 0.29) is 0 Å². The smallest absolute Gasteiger partial charge is 0.119 e. The standard InChI is InChI=1S/C18H31NO2/c1-4-13-19-16(2)7-8-17-9-11-18(12-10-17)21-15-6-5-14-20-3/h9-12,16,19H,4-8,13-15H2,1-3H3. The van der Waals surface area contributed by atoms with Gasteiger partial charge in [-0.05, 0) is 63.3 Å². The third-order valence-electron chi connectivity index (χ3n) is 3.54. The molecule has 0 heterocycles. The second-order valence-corrected chi connectivity index (χ2v) is 5.59. The molecule has 0 bridgehead atoms. The summed E-state index contributed by atoms with van der Waals surface area (Å²) in [5, 5.41) is 3.52. The van der Waals surface area contributed by atoms with Crippen LogP contribution in [0.5, 0.6) is 5.75 Å². The van der Waals surface area contributed by atoms with Gasteiger partial charge in [0.25, 0.3) is 0 Å². The van der Waals surface area contributed by atoms with Crippen molar-refractivity contribution < 1.29 is 9.47 Å². The highest BCUT2D eigenvalue weighted by molar-refractivity contribution is 5.27. The van der Waals surface area contributed by atoms with E-state index in [1.807, 2.05) is 0 Å². The first-order chi connectivity index (χ1) is 10.3. The molecule has 0 spiro atoms. The first kappa shape index (κ1) is 18.0. The van der Waals surface area contributed by atoms with Crippen molar-refractivity contribution in [3.05, 3.63) is 29.8 Å². The summed E-state index contributed by atoms with van der Waals surface area (Å²) in [7, 11) is 1.73. The van der Waals surface area contributed by atoms with Crippen LogP contribution in [0.2, 0.25) is 0 Å². The quantitative estimate of drug-likeness (QED) is 0.594. The van der Waals surface area contributed by atoms with Gasteiger partial charge in [-0.3, -0.25) is 0 Å². The molecule has 0 aliphatic carbocycles. The first-order valence-corrected chi connectivity index (χ1v) is 8.20. The van der Waals surface area contributed by atoms with E-state index in [9.17, 15) is 0 Å². The zero-order chi connectivity index (χ0) is 15.3. The highest BCUT2D eigenvalue weighted by Gasteiger charge is 2.02. The van der Waals surface area contributed by atoms with Crippen molar-refractivity contribution in [2.75, 3.05) is 26.9 Å². The zero-order valence-electron chi connectivity index (χ0n) is 13.9. The minimum absolute atomic E-state index is 0.585. The zero-order valence-corrected chi connectivity index (χ0v) is 13.9. The molecule has 1 aromatic rings. The first-order valence-electron chi connectivity index (χ1n) is 8.20. The fraction of sp³-hybridized carbons (Fsp3) is 0.667. The molecule has 1 N–H and O–H groups in total. The van der Waals surface area contributed by atoms with Crippen LogP contribution in [0.1, 0.15) is 45.1 Å². The van der Waals surface area contributed by atoms with Gasteiger partial charge in [-0.25, -0.2) is 0 Å². The van der Waals surface area contributed by atoms with Crippen molar-refractivity contribution in [3.63, 3.8) is 0 Å². The molecule has 0 aliphatic rings. The molecular weight excluding hydrogens is 262 g/mol. The Morgan fingerprint density at radius 2 is 1.81 bits per heavy atom. The molecule has 0 saturated heterocycles. The summed E-state index contributed by atoms with van der Waals surface area (Å²) in [6.45, 7) is 7.14. The minimum atomic E-state index is 0.585. The Morgan fingerprint density at radius 1 is 1.10 bits per heavy atom. The van der Waals surface area contributed by atoms with Gasteiger partial charge in [-0.15, -0.1) is 0 Å². The van der Waals surface area contributed by atoms with Gasteiger partial charge in [0.05, 0.1) is 6.61 Å². The van der Waals surface area contributed by atoms with Crippen LogP contribution in [0.3, 0.4) is 0 Å². The number of hydrogen-bond acceptors (Lipinski definition) is 3. The summed E-state index contributed by atoms with van der Waals surface area (Å²) in [5.74, 6) is 0.966. The molecule has 21 heavy (non-hydrogen) atoms. The van der Waals surface area contributed by atoms with Crippen molar-refractivity contribution in [1.82, 2.24) is 5.32 Å². The second-order valence-electron chi connectivity index (χ2n) is 5.59. The lowest BCUT2D eigenvalue weighted by molar-refractivity contribution is 0.184. The highest BCUT2D eigenvalue weighted by Crippen LogP contribution is 2.14. The molecule has 0 aliphatic heterocycles. The van der Waals surface area contributed by atoms with Gasteiger partial charge in [0, 0.05) is 19.8 Å². The van der Waals surface area contributed by atoms with Crippen LogP contribution in [0, 0.1) is 0 Å². The SMILES string of the molecule is CCCNC(C)CCc1ccc(OCCCCOC)cc1. The summed E-state index contributed by atoms with van der Waals surface area (Å²) in [5.41, 5.74) is 1.38. The van der Waals surface area contributed by atoms with Gasteiger partial charge < -0.3 is 14.8 Å². The topological polar surface area (TPSA) is 30.5 Å². The number of hydrogen-bond donors (Lipinski definition) is 1. The van der Waals surface area contributed by atoms with Crippen LogP contribution in [-0.4, -0.2) is 32.9 Å². The Morgan fingerprint density at radius 3 is 2.48 bits per heavy atom. The van der Waals surface area contributed by atoms with Crippen LogP contribution < -0.4 is 10.1 Å². The molecule has 0 radical (unpaired) electrons. The molecule has 0 saturated carbocycles. The van der Waals surface area contributed by atoms with Crippen molar-refractivity contribution in [2.24, 2.45) is 0 Å². The molecule has 0 amide bonds. The molecule has 120 valence electrons. The Bertz CT molecular complexity index is 351.